The number of hydrogen-bond acceptors (Lipinski definition) is 5. The summed E-state index contributed by atoms with van der Waals surface area (Å²) in [7, 11) is 0. The van der Waals surface area contributed by atoms with Gasteiger partial charge in [0, 0.05) is 36.6 Å². The predicted molar refractivity (Wildman–Crippen MR) is 122 cm³/mol. The second kappa shape index (κ2) is 9.22. The normalized spacial score (nSPS) is 13.6. The lowest BCUT2D eigenvalue weighted by Gasteiger charge is -2.18. The minimum atomic E-state index is -0.166. The molecule has 0 unspecified atom stereocenters. The van der Waals surface area contributed by atoms with Crippen LogP contribution >= 0.6 is 0 Å². The molecule has 2 N–H and O–H groups in total. The number of nitrogens with zero attached hydrogens (tertiary/aromatic N) is 3. The lowest BCUT2D eigenvalue weighted by Crippen LogP contribution is -2.19. The van der Waals surface area contributed by atoms with Crippen LogP contribution in [0.25, 0.3) is 6.08 Å². The van der Waals surface area contributed by atoms with E-state index in [1.54, 1.807) is 6.08 Å². The summed E-state index contributed by atoms with van der Waals surface area (Å²) in [6, 6.07) is 19.3. The molecule has 2 aromatic carbocycles. The van der Waals surface area contributed by atoms with E-state index in [1.807, 2.05) is 67.6 Å². The number of aryl methyl sites for hydroxylation is 1. The Labute approximate surface area is 176 Å². The van der Waals surface area contributed by atoms with E-state index >= 15 is 0 Å². The average Bonchev–Trinajstić information content (AvgIpc) is 3.29. The Bertz CT molecular complexity index is 1030. The second-order valence-corrected chi connectivity index (χ2v) is 7.29. The molecule has 6 heteroatoms. The van der Waals surface area contributed by atoms with Crippen molar-refractivity contribution in [1.29, 1.82) is 0 Å². The van der Waals surface area contributed by atoms with Crippen LogP contribution in [0.5, 0.6) is 0 Å². The molecule has 1 saturated heterocycles. The predicted octanol–water partition coefficient (Wildman–Crippen LogP) is 4.78. The highest BCUT2D eigenvalue weighted by Crippen LogP contribution is 2.23. The molecule has 0 saturated carbocycles. The highest BCUT2D eigenvalue weighted by molar-refractivity contribution is 6.02. The smallest absolute Gasteiger partial charge is 0.248 e. The van der Waals surface area contributed by atoms with E-state index in [4.69, 9.17) is 0 Å². The molecule has 1 fully saturated rings. The number of carbonyl (C=O) groups is 1. The monoisotopic (exact) mass is 399 g/mol. The van der Waals surface area contributed by atoms with Crippen LogP contribution in [0.3, 0.4) is 0 Å². The average molecular weight is 399 g/mol. The third kappa shape index (κ3) is 5.23. The number of anilines is 4. The molecule has 0 radical (unpaired) electrons. The van der Waals surface area contributed by atoms with Gasteiger partial charge in [0.2, 0.25) is 5.91 Å². The number of rotatable bonds is 6. The van der Waals surface area contributed by atoms with Gasteiger partial charge in [-0.25, -0.2) is 9.97 Å². The molecule has 0 spiro atoms. The summed E-state index contributed by atoms with van der Waals surface area (Å²) in [5.41, 5.74) is 2.62. The van der Waals surface area contributed by atoms with Gasteiger partial charge in [-0.15, -0.1) is 0 Å². The molecular weight excluding hydrogens is 374 g/mol. The first-order valence-electron chi connectivity index (χ1n) is 10.2. The number of nitrogens with one attached hydrogen (secondary N) is 2. The Morgan fingerprint density at radius 2 is 1.67 bits per heavy atom. The van der Waals surface area contributed by atoms with Crippen molar-refractivity contribution in [3.8, 4) is 0 Å². The fourth-order valence-electron chi connectivity index (χ4n) is 3.43. The largest absolute Gasteiger partial charge is 0.356 e. The molecule has 152 valence electrons. The van der Waals surface area contributed by atoms with Crippen molar-refractivity contribution in [2.45, 2.75) is 19.8 Å². The quantitative estimate of drug-likeness (QED) is 0.584. The summed E-state index contributed by atoms with van der Waals surface area (Å²) in [6.07, 6.45) is 5.74. The van der Waals surface area contributed by atoms with Crippen LogP contribution < -0.4 is 15.5 Å². The van der Waals surface area contributed by atoms with Gasteiger partial charge < -0.3 is 15.5 Å². The molecule has 1 amide bonds. The lowest BCUT2D eigenvalue weighted by molar-refractivity contribution is -0.111. The van der Waals surface area contributed by atoms with Gasteiger partial charge in [-0.05, 0) is 55.7 Å². The molecular formula is C24H25N5O. The van der Waals surface area contributed by atoms with Crippen molar-refractivity contribution < 1.29 is 4.79 Å². The minimum Gasteiger partial charge on any atom is -0.356 e. The van der Waals surface area contributed by atoms with Gasteiger partial charge >= 0.3 is 0 Å². The number of benzene rings is 2. The zero-order valence-electron chi connectivity index (χ0n) is 17.0. The fourth-order valence-corrected chi connectivity index (χ4v) is 3.43. The fraction of sp³-hybridized carbons (Fsp3) is 0.208. The Morgan fingerprint density at radius 3 is 2.40 bits per heavy atom. The van der Waals surface area contributed by atoms with Crippen molar-refractivity contribution in [2.75, 3.05) is 28.6 Å². The SMILES string of the molecule is Cc1nc(Nc2ccc(NC(=O)/C=C/c3ccccc3)cc2)cc(N2CCCC2)n1. The van der Waals surface area contributed by atoms with Gasteiger partial charge in [0.1, 0.15) is 17.5 Å². The van der Waals surface area contributed by atoms with Crippen LogP contribution in [0, 0.1) is 6.92 Å². The topological polar surface area (TPSA) is 70.2 Å². The third-order valence-corrected chi connectivity index (χ3v) is 4.91. The van der Waals surface area contributed by atoms with Gasteiger partial charge in [0.05, 0.1) is 0 Å². The summed E-state index contributed by atoms with van der Waals surface area (Å²) in [4.78, 5) is 23.5. The van der Waals surface area contributed by atoms with E-state index in [2.05, 4.69) is 25.5 Å². The molecule has 0 atom stereocenters. The summed E-state index contributed by atoms with van der Waals surface area (Å²) in [5.74, 6) is 2.32. The van der Waals surface area contributed by atoms with Crippen molar-refractivity contribution in [1.82, 2.24) is 9.97 Å². The molecule has 2 heterocycles. The van der Waals surface area contributed by atoms with Gasteiger partial charge in [-0.2, -0.15) is 0 Å². The Kier molecular flexibility index (Phi) is 6.03. The molecule has 1 aromatic heterocycles. The first-order valence-corrected chi connectivity index (χ1v) is 10.2. The Morgan fingerprint density at radius 1 is 0.967 bits per heavy atom. The first-order chi connectivity index (χ1) is 14.7. The lowest BCUT2D eigenvalue weighted by atomic mass is 10.2. The van der Waals surface area contributed by atoms with Crippen LogP contribution in [-0.2, 0) is 4.79 Å². The maximum atomic E-state index is 12.1. The highest BCUT2D eigenvalue weighted by atomic mass is 16.1. The summed E-state index contributed by atoms with van der Waals surface area (Å²) in [6.45, 7) is 4.00. The zero-order valence-corrected chi connectivity index (χ0v) is 17.0. The summed E-state index contributed by atoms with van der Waals surface area (Å²) >= 11 is 0. The van der Waals surface area contributed by atoms with Gasteiger partial charge in [-0.3, -0.25) is 4.79 Å². The Hall–Kier alpha value is -3.67. The molecule has 1 aliphatic heterocycles. The number of carbonyl (C=O) groups excluding carboxylic acids is 1. The summed E-state index contributed by atoms with van der Waals surface area (Å²) < 4.78 is 0. The van der Waals surface area contributed by atoms with Crippen LogP contribution in [0.15, 0.2) is 66.7 Å². The van der Waals surface area contributed by atoms with Crippen molar-refractivity contribution in [2.24, 2.45) is 0 Å². The van der Waals surface area contributed by atoms with Gasteiger partial charge in [-0.1, -0.05) is 30.3 Å². The maximum absolute atomic E-state index is 12.1. The molecule has 1 aliphatic rings. The van der Waals surface area contributed by atoms with E-state index in [9.17, 15) is 4.79 Å². The third-order valence-electron chi connectivity index (χ3n) is 4.91. The van der Waals surface area contributed by atoms with Crippen molar-refractivity contribution in [3.05, 3.63) is 78.1 Å². The molecule has 3 aromatic rings. The van der Waals surface area contributed by atoms with Gasteiger partial charge in [0.15, 0.2) is 0 Å². The van der Waals surface area contributed by atoms with E-state index in [1.165, 1.54) is 18.9 Å². The number of amides is 1. The van der Waals surface area contributed by atoms with Crippen molar-refractivity contribution >= 4 is 35.0 Å². The molecule has 30 heavy (non-hydrogen) atoms. The maximum Gasteiger partial charge on any atom is 0.248 e. The molecule has 6 nitrogen and oxygen atoms in total. The standard InChI is InChI=1S/C24H25N5O/c1-18-25-22(17-23(26-18)29-15-5-6-16-29)27-20-10-12-21(13-11-20)28-24(30)14-9-19-7-3-2-4-8-19/h2-4,7-14,17H,5-6,15-16H2,1H3,(H,28,30)(H,25,26,27)/b14-9+. The number of aromatic nitrogens is 2. The summed E-state index contributed by atoms with van der Waals surface area (Å²) in [5, 5.41) is 6.20. The first kappa shape index (κ1) is 19.6. The highest BCUT2D eigenvalue weighted by Gasteiger charge is 2.15. The molecule has 4 rings (SSSR count). The van der Waals surface area contributed by atoms with Crippen LogP contribution in [0.2, 0.25) is 0 Å². The molecule has 0 aliphatic carbocycles. The Balaban J connectivity index is 1.38. The number of hydrogen-bond donors (Lipinski definition) is 2. The zero-order chi connectivity index (χ0) is 20.8. The van der Waals surface area contributed by atoms with Crippen LogP contribution in [-0.4, -0.2) is 29.0 Å². The van der Waals surface area contributed by atoms with Crippen LogP contribution in [0.4, 0.5) is 23.0 Å². The van der Waals surface area contributed by atoms with E-state index in [-0.39, 0.29) is 5.91 Å². The minimum absolute atomic E-state index is 0.166. The van der Waals surface area contributed by atoms with E-state index in [0.29, 0.717) is 0 Å². The van der Waals surface area contributed by atoms with E-state index < -0.39 is 0 Å². The van der Waals surface area contributed by atoms with Crippen molar-refractivity contribution in [3.63, 3.8) is 0 Å². The van der Waals surface area contributed by atoms with E-state index in [0.717, 1.165) is 47.5 Å². The van der Waals surface area contributed by atoms with Gasteiger partial charge in [0.25, 0.3) is 0 Å². The van der Waals surface area contributed by atoms with Crippen LogP contribution in [0.1, 0.15) is 24.2 Å². The molecule has 0 bridgehead atoms. The second-order valence-electron chi connectivity index (χ2n) is 7.29.